The number of thiazole rings is 1. The lowest BCUT2D eigenvalue weighted by atomic mass is 10.2. The first-order chi connectivity index (χ1) is 11.7. The number of rotatable bonds is 6. The summed E-state index contributed by atoms with van der Waals surface area (Å²) in [5, 5.41) is 5.75. The molecule has 2 aromatic rings. The van der Waals surface area contributed by atoms with Crippen LogP contribution in [0.25, 0.3) is 0 Å². The smallest absolute Gasteiger partial charge is 0.234 e. The van der Waals surface area contributed by atoms with Crippen LogP contribution in [0.1, 0.15) is 11.3 Å². The molecule has 1 aromatic carbocycles. The molecule has 2 heterocycles. The summed E-state index contributed by atoms with van der Waals surface area (Å²) < 4.78 is 0. The molecular formula is C17H21ClN4OS. The topological polar surface area (TPSA) is 48.5 Å². The van der Waals surface area contributed by atoms with Crippen LogP contribution >= 0.6 is 22.9 Å². The molecule has 3 rings (SSSR count). The number of halogens is 1. The molecule has 1 aromatic heterocycles. The molecule has 1 aliphatic rings. The Bertz CT molecular complexity index is 656. The van der Waals surface area contributed by atoms with Gasteiger partial charge in [0.1, 0.15) is 0 Å². The van der Waals surface area contributed by atoms with E-state index in [4.69, 9.17) is 11.6 Å². The van der Waals surface area contributed by atoms with Gasteiger partial charge in [-0.15, -0.1) is 11.3 Å². The zero-order valence-electron chi connectivity index (χ0n) is 13.4. The highest BCUT2D eigenvalue weighted by atomic mass is 35.5. The second-order valence-electron chi connectivity index (χ2n) is 5.94. The molecule has 0 saturated carbocycles. The van der Waals surface area contributed by atoms with Crippen LogP contribution in [0, 0.1) is 0 Å². The summed E-state index contributed by atoms with van der Waals surface area (Å²) in [5.41, 5.74) is 4.02. The summed E-state index contributed by atoms with van der Waals surface area (Å²) >= 11 is 7.58. The monoisotopic (exact) mass is 364 g/mol. The maximum atomic E-state index is 12.1. The van der Waals surface area contributed by atoms with Gasteiger partial charge >= 0.3 is 0 Å². The molecule has 1 fully saturated rings. The number of nitrogens with one attached hydrogen (secondary N) is 1. The van der Waals surface area contributed by atoms with E-state index in [0.717, 1.165) is 44.0 Å². The molecule has 24 heavy (non-hydrogen) atoms. The third-order valence-corrected chi connectivity index (χ3v) is 4.95. The minimum absolute atomic E-state index is 0.0583. The van der Waals surface area contributed by atoms with E-state index in [1.54, 1.807) is 11.3 Å². The average Bonchev–Trinajstić information content (AvgIpc) is 3.08. The van der Waals surface area contributed by atoms with Crippen LogP contribution in [0.5, 0.6) is 0 Å². The molecule has 0 bridgehead atoms. The van der Waals surface area contributed by atoms with Crippen LogP contribution < -0.4 is 5.32 Å². The largest absolute Gasteiger partial charge is 0.351 e. The number of benzene rings is 1. The zero-order valence-corrected chi connectivity index (χ0v) is 15.0. The number of amides is 1. The predicted octanol–water partition coefficient (Wildman–Crippen LogP) is 2.23. The van der Waals surface area contributed by atoms with E-state index in [0.29, 0.717) is 18.1 Å². The van der Waals surface area contributed by atoms with Gasteiger partial charge < -0.3 is 5.32 Å². The van der Waals surface area contributed by atoms with Crippen molar-refractivity contribution in [1.82, 2.24) is 20.1 Å². The maximum Gasteiger partial charge on any atom is 0.234 e. The van der Waals surface area contributed by atoms with Gasteiger partial charge in [-0.2, -0.15) is 0 Å². The van der Waals surface area contributed by atoms with E-state index in [9.17, 15) is 4.79 Å². The first kappa shape index (κ1) is 17.4. The molecular weight excluding hydrogens is 344 g/mol. The number of hydrogen-bond acceptors (Lipinski definition) is 5. The lowest BCUT2D eigenvalue weighted by molar-refractivity contribution is -0.122. The second kappa shape index (κ2) is 8.58. The van der Waals surface area contributed by atoms with Crippen LogP contribution in [-0.2, 0) is 17.9 Å². The van der Waals surface area contributed by atoms with Gasteiger partial charge in [-0.05, 0) is 17.7 Å². The molecule has 1 saturated heterocycles. The van der Waals surface area contributed by atoms with Crippen LogP contribution in [0.4, 0.5) is 0 Å². The number of carbonyl (C=O) groups is 1. The second-order valence-corrected chi connectivity index (χ2v) is 7.09. The van der Waals surface area contributed by atoms with E-state index < -0.39 is 0 Å². The summed E-state index contributed by atoms with van der Waals surface area (Å²) in [4.78, 5) is 21.0. The number of carbonyl (C=O) groups excluding carboxylic acids is 1. The fraction of sp³-hybridized carbons (Fsp3) is 0.412. The van der Waals surface area contributed by atoms with Gasteiger partial charge in [0.2, 0.25) is 5.91 Å². The van der Waals surface area contributed by atoms with E-state index in [2.05, 4.69) is 25.5 Å². The number of piperazine rings is 1. The van der Waals surface area contributed by atoms with E-state index in [1.807, 2.05) is 29.8 Å². The molecule has 0 radical (unpaired) electrons. The summed E-state index contributed by atoms with van der Waals surface area (Å²) in [6, 6.07) is 7.56. The summed E-state index contributed by atoms with van der Waals surface area (Å²) in [6.07, 6.45) is 0. The molecule has 1 N–H and O–H groups in total. The van der Waals surface area contributed by atoms with E-state index >= 15 is 0 Å². The molecule has 1 aliphatic heterocycles. The van der Waals surface area contributed by atoms with Crippen LogP contribution in [0.2, 0.25) is 5.02 Å². The van der Waals surface area contributed by atoms with E-state index in [1.165, 1.54) is 0 Å². The Morgan fingerprint density at radius 2 is 2.04 bits per heavy atom. The summed E-state index contributed by atoms with van der Waals surface area (Å²) in [7, 11) is 0. The van der Waals surface area contributed by atoms with Crippen LogP contribution in [-0.4, -0.2) is 53.4 Å². The molecule has 0 aliphatic carbocycles. The zero-order chi connectivity index (χ0) is 16.8. The van der Waals surface area contributed by atoms with Crippen molar-refractivity contribution in [3.63, 3.8) is 0 Å². The van der Waals surface area contributed by atoms with E-state index in [-0.39, 0.29) is 5.91 Å². The Morgan fingerprint density at radius 1 is 1.25 bits per heavy atom. The number of hydrogen-bond donors (Lipinski definition) is 1. The van der Waals surface area contributed by atoms with Crippen molar-refractivity contribution >= 4 is 28.8 Å². The molecule has 0 spiro atoms. The maximum absolute atomic E-state index is 12.1. The third kappa shape index (κ3) is 5.27. The van der Waals surface area contributed by atoms with Crippen molar-refractivity contribution in [2.75, 3.05) is 32.7 Å². The minimum Gasteiger partial charge on any atom is -0.351 e. The highest BCUT2D eigenvalue weighted by Gasteiger charge is 2.19. The molecule has 7 heteroatoms. The van der Waals surface area contributed by atoms with Gasteiger partial charge in [0.05, 0.1) is 17.7 Å². The number of aromatic nitrogens is 1. The van der Waals surface area contributed by atoms with Crippen molar-refractivity contribution in [1.29, 1.82) is 0 Å². The lowest BCUT2D eigenvalue weighted by Crippen LogP contribution is -2.49. The first-order valence-electron chi connectivity index (χ1n) is 8.02. The van der Waals surface area contributed by atoms with Crippen LogP contribution in [0.15, 0.2) is 35.2 Å². The molecule has 1 amide bonds. The Hall–Kier alpha value is -1.47. The molecule has 5 nitrogen and oxygen atoms in total. The Morgan fingerprint density at radius 3 is 2.75 bits per heavy atom. The predicted molar refractivity (Wildman–Crippen MR) is 97.1 cm³/mol. The highest BCUT2D eigenvalue weighted by molar-refractivity contribution is 7.07. The van der Waals surface area contributed by atoms with Crippen LogP contribution in [0.3, 0.4) is 0 Å². The first-order valence-corrected chi connectivity index (χ1v) is 9.34. The molecule has 0 atom stereocenters. The summed E-state index contributed by atoms with van der Waals surface area (Å²) in [5.74, 6) is 0.0583. The van der Waals surface area contributed by atoms with Gasteiger partial charge in [0.15, 0.2) is 0 Å². The number of nitrogens with zero attached hydrogens (tertiary/aromatic N) is 3. The Balaban J connectivity index is 1.37. The normalized spacial score (nSPS) is 16.2. The van der Waals surface area contributed by atoms with Gasteiger partial charge in [0, 0.05) is 49.7 Å². The van der Waals surface area contributed by atoms with Crippen molar-refractivity contribution in [2.24, 2.45) is 0 Å². The van der Waals surface area contributed by atoms with Crippen molar-refractivity contribution in [3.05, 3.63) is 51.4 Å². The SMILES string of the molecule is O=C(CN1CCN(Cc2cscn2)CC1)NCc1cccc(Cl)c1. The summed E-state index contributed by atoms with van der Waals surface area (Å²) in [6.45, 7) is 5.63. The van der Waals surface area contributed by atoms with Gasteiger partial charge in [0.25, 0.3) is 0 Å². The minimum atomic E-state index is 0.0583. The standard InChI is InChI=1S/C17H21ClN4OS/c18-15-3-1-2-14(8-15)9-19-17(23)11-22-6-4-21(5-7-22)10-16-12-24-13-20-16/h1-3,8,12-13H,4-7,9-11H2,(H,19,23). The Kier molecular flexibility index (Phi) is 6.20. The third-order valence-electron chi connectivity index (χ3n) is 4.08. The van der Waals surface area contributed by atoms with Crippen molar-refractivity contribution in [3.8, 4) is 0 Å². The van der Waals surface area contributed by atoms with Gasteiger partial charge in [-0.1, -0.05) is 23.7 Å². The van der Waals surface area contributed by atoms with Crippen molar-refractivity contribution < 1.29 is 4.79 Å². The van der Waals surface area contributed by atoms with Gasteiger partial charge in [-0.25, -0.2) is 4.98 Å². The van der Waals surface area contributed by atoms with Gasteiger partial charge in [-0.3, -0.25) is 14.6 Å². The fourth-order valence-corrected chi connectivity index (χ4v) is 3.52. The van der Waals surface area contributed by atoms with Crippen molar-refractivity contribution in [2.45, 2.75) is 13.1 Å². The quantitative estimate of drug-likeness (QED) is 0.854. The lowest BCUT2D eigenvalue weighted by Gasteiger charge is -2.33. The fourth-order valence-electron chi connectivity index (χ4n) is 2.76. The Labute approximate surface area is 151 Å². The molecule has 128 valence electrons. The average molecular weight is 365 g/mol. The molecule has 0 unspecified atom stereocenters. The highest BCUT2D eigenvalue weighted by Crippen LogP contribution is 2.11.